The number of aromatic nitrogens is 1. The van der Waals surface area contributed by atoms with Gasteiger partial charge in [-0.15, -0.1) is 0 Å². The molecule has 0 saturated carbocycles. The molecule has 0 unspecified atom stereocenters. The van der Waals surface area contributed by atoms with E-state index < -0.39 is 0 Å². The zero-order chi connectivity index (χ0) is 10.8. The summed E-state index contributed by atoms with van der Waals surface area (Å²) in [4.78, 5) is 14.3. The second kappa shape index (κ2) is 3.45. The van der Waals surface area contributed by atoms with E-state index in [-0.39, 0.29) is 23.2 Å². The molecule has 76 valence electrons. The third kappa shape index (κ3) is 1.54. The molecule has 1 aromatic carbocycles. The van der Waals surface area contributed by atoms with Gasteiger partial charge in [-0.2, -0.15) is 4.98 Å². The van der Waals surface area contributed by atoms with Gasteiger partial charge in [-0.05, 0) is 12.1 Å². The van der Waals surface area contributed by atoms with E-state index in [1.54, 1.807) is 18.2 Å². The molecule has 2 rings (SSSR count). The maximum absolute atomic E-state index is 10.7. The number of anilines is 1. The normalized spacial score (nSPS) is 10.1. The van der Waals surface area contributed by atoms with Gasteiger partial charge in [0.25, 0.3) is 6.01 Å². The van der Waals surface area contributed by atoms with Crippen molar-refractivity contribution in [2.45, 2.75) is 0 Å². The maximum Gasteiger partial charge on any atom is 0.293 e. The van der Waals surface area contributed by atoms with Gasteiger partial charge in [0.2, 0.25) is 0 Å². The molecule has 5 nitrogen and oxygen atoms in total. The van der Waals surface area contributed by atoms with Crippen LogP contribution < -0.4 is 5.73 Å². The first kappa shape index (κ1) is 9.26. The third-order valence-corrected chi connectivity index (χ3v) is 1.93. The van der Waals surface area contributed by atoms with E-state index in [1.165, 1.54) is 6.07 Å². The molecule has 0 fully saturated rings. The Kier molecular flexibility index (Phi) is 2.13. The van der Waals surface area contributed by atoms with E-state index in [0.29, 0.717) is 11.8 Å². The first-order chi connectivity index (χ1) is 7.22. The van der Waals surface area contributed by atoms with Gasteiger partial charge in [0.1, 0.15) is 5.75 Å². The van der Waals surface area contributed by atoms with Crippen LogP contribution in [0.2, 0.25) is 0 Å². The molecule has 15 heavy (non-hydrogen) atoms. The van der Waals surface area contributed by atoms with Crippen LogP contribution in [0.15, 0.2) is 28.7 Å². The van der Waals surface area contributed by atoms with Crippen molar-refractivity contribution in [3.63, 3.8) is 0 Å². The number of phenolic OH excluding ortho intramolecular Hbond substituents is 1. The summed E-state index contributed by atoms with van der Waals surface area (Å²) in [5.74, 6) is 0.192. The highest BCUT2D eigenvalue weighted by Crippen LogP contribution is 2.31. The zero-order valence-corrected chi connectivity index (χ0v) is 7.68. The van der Waals surface area contributed by atoms with Crippen LogP contribution in [0.4, 0.5) is 6.01 Å². The summed E-state index contributed by atoms with van der Waals surface area (Å²) >= 11 is 0. The molecule has 0 atom stereocenters. The van der Waals surface area contributed by atoms with E-state index in [2.05, 4.69) is 4.98 Å². The second-order valence-corrected chi connectivity index (χ2v) is 2.90. The van der Waals surface area contributed by atoms with Crippen molar-refractivity contribution >= 4 is 12.3 Å². The van der Waals surface area contributed by atoms with Gasteiger partial charge in [0, 0.05) is 0 Å². The fourth-order valence-electron chi connectivity index (χ4n) is 1.29. The van der Waals surface area contributed by atoms with E-state index in [9.17, 15) is 9.90 Å². The lowest BCUT2D eigenvalue weighted by atomic mass is 10.1. The molecule has 0 spiro atoms. The van der Waals surface area contributed by atoms with Gasteiger partial charge in [0.15, 0.2) is 17.7 Å². The molecule has 0 amide bonds. The Morgan fingerprint density at radius 1 is 1.40 bits per heavy atom. The van der Waals surface area contributed by atoms with Crippen molar-refractivity contribution < 1.29 is 14.3 Å². The lowest BCUT2D eigenvalue weighted by Crippen LogP contribution is -1.86. The number of nitrogens with two attached hydrogens (primary N) is 1. The Morgan fingerprint density at radius 2 is 2.13 bits per heavy atom. The highest BCUT2D eigenvalue weighted by Gasteiger charge is 2.15. The fourth-order valence-corrected chi connectivity index (χ4v) is 1.29. The number of phenols is 1. The Balaban J connectivity index is 2.63. The van der Waals surface area contributed by atoms with Gasteiger partial charge in [0.05, 0.1) is 5.56 Å². The molecule has 0 aliphatic heterocycles. The Morgan fingerprint density at radius 3 is 2.80 bits per heavy atom. The van der Waals surface area contributed by atoms with Crippen LogP contribution in [-0.4, -0.2) is 16.4 Å². The zero-order valence-electron chi connectivity index (χ0n) is 7.68. The summed E-state index contributed by atoms with van der Waals surface area (Å²) in [7, 11) is 0. The van der Waals surface area contributed by atoms with E-state index >= 15 is 0 Å². The van der Waals surface area contributed by atoms with Crippen molar-refractivity contribution in [3.8, 4) is 17.1 Å². The van der Waals surface area contributed by atoms with Crippen molar-refractivity contribution in [2.24, 2.45) is 0 Å². The van der Waals surface area contributed by atoms with E-state index in [1.807, 2.05) is 0 Å². The number of benzene rings is 1. The number of para-hydroxylation sites is 1. The number of nitrogen functional groups attached to an aromatic ring is 1. The summed E-state index contributed by atoms with van der Waals surface area (Å²) in [5, 5.41) is 9.55. The van der Waals surface area contributed by atoms with Gasteiger partial charge < -0.3 is 15.3 Å². The van der Waals surface area contributed by atoms with Crippen LogP contribution in [0.25, 0.3) is 11.3 Å². The summed E-state index contributed by atoms with van der Waals surface area (Å²) < 4.78 is 5.05. The number of carbonyl (C=O) groups is 1. The Hall–Kier alpha value is -2.30. The van der Waals surface area contributed by atoms with Crippen molar-refractivity contribution in [3.05, 3.63) is 30.0 Å². The molecule has 5 heteroatoms. The van der Waals surface area contributed by atoms with Crippen molar-refractivity contribution in [1.82, 2.24) is 4.98 Å². The van der Waals surface area contributed by atoms with Crippen molar-refractivity contribution in [2.75, 3.05) is 5.73 Å². The number of oxazole rings is 1. The predicted octanol–water partition coefficient (Wildman–Crippen LogP) is 1.44. The number of rotatable bonds is 2. The van der Waals surface area contributed by atoms with Gasteiger partial charge in [-0.3, -0.25) is 4.79 Å². The fraction of sp³-hybridized carbons (Fsp3) is 0. The Labute approximate surface area is 85.2 Å². The summed E-state index contributed by atoms with van der Waals surface area (Å²) in [5.41, 5.74) is 5.79. The van der Waals surface area contributed by atoms with Crippen LogP contribution in [0.1, 0.15) is 10.5 Å². The molecular formula is C10H8N2O3. The molecule has 0 aliphatic carbocycles. The average molecular weight is 204 g/mol. The smallest absolute Gasteiger partial charge is 0.293 e. The standard InChI is InChI=1S/C10H8N2O3/c11-10-12-7(5-13)9(15-10)6-3-1-2-4-8(6)14/h1-5,14H,(H2,11,12). The van der Waals surface area contributed by atoms with Gasteiger partial charge >= 0.3 is 0 Å². The van der Waals surface area contributed by atoms with Crippen LogP contribution in [-0.2, 0) is 0 Å². The second-order valence-electron chi connectivity index (χ2n) is 2.90. The summed E-state index contributed by atoms with van der Waals surface area (Å²) in [6, 6.07) is 6.38. The van der Waals surface area contributed by atoms with Crippen LogP contribution in [0, 0.1) is 0 Å². The molecule has 0 aliphatic rings. The van der Waals surface area contributed by atoms with Crippen molar-refractivity contribution in [1.29, 1.82) is 0 Å². The third-order valence-electron chi connectivity index (χ3n) is 1.93. The molecule has 0 radical (unpaired) electrons. The maximum atomic E-state index is 10.7. The average Bonchev–Trinajstić information content (AvgIpc) is 2.60. The number of nitrogens with zero attached hydrogens (tertiary/aromatic N) is 1. The minimum absolute atomic E-state index is 0.0109. The van der Waals surface area contributed by atoms with E-state index in [0.717, 1.165) is 0 Å². The monoisotopic (exact) mass is 204 g/mol. The molecule has 2 aromatic rings. The van der Waals surface area contributed by atoms with Gasteiger partial charge in [-0.1, -0.05) is 12.1 Å². The SMILES string of the molecule is Nc1nc(C=O)c(-c2ccccc2O)o1. The van der Waals surface area contributed by atoms with Crippen LogP contribution in [0.5, 0.6) is 5.75 Å². The minimum Gasteiger partial charge on any atom is -0.507 e. The molecule has 3 N–H and O–H groups in total. The lowest BCUT2D eigenvalue weighted by Gasteiger charge is -1.99. The summed E-state index contributed by atoms with van der Waals surface area (Å²) in [6.45, 7) is 0. The highest BCUT2D eigenvalue weighted by atomic mass is 16.4. The lowest BCUT2D eigenvalue weighted by molar-refractivity contribution is 0.112. The largest absolute Gasteiger partial charge is 0.507 e. The van der Waals surface area contributed by atoms with Gasteiger partial charge in [-0.25, -0.2) is 0 Å². The first-order valence-electron chi connectivity index (χ1n) is 4.22. The quantitative estimate of drug-likeness (QED) is 0.722. The first-order valence-corrected chi connectivity index (χ1v) is 4.22. The topological polar surface area (TPSA) is 89.3 Å². The van der Waals surface area contributed by atoms with E-state index in [4.69, 9.17) is 10.2 Å². The molecule has 1 heterocycles. The van der Waals surface area contributed by atoms with Crippen LogP contribution >= 0.6 is 0 Å². The Bertz CT molecular complexity index is 505. The highest BCUT2D eigenvalue weighted by molar-refractivity contribution is 5.84. The number of hydrogen-bond donors (Lipinski definition) is 2. The number of hydrogen-bond acceptors (Lipinski definition) is 5. The molecule has 0 bridgehead atoms. The molecule has 1 aromatic heterocycles. The predicted molar refractivity (Wildman–Crippen MR) is 53.4 cm³/mol. The molecule has 0 saturated heterocycles. The summed E-state index contributed by atoms with van der Waals surface area (Å²) in [6.07, 6.45) is 0.529. The minimum atomic E-state index is -0.102. The number of aromatic hydroxyl groups is 1. The number of aldehydes is 1. The molecular weight excluding hydrogens is 196 g/mol. The number of carbonyl (C=O) groups excluding carboxylic acids is 1. The van der Waals surface area contributed by atoms with Crippen LogP contribution in [0.3, 0.4) is 0 Å².